The van der Waals surface area contributed by atoms with Gasteiger partial charge in [-0.15, -0.1) is 15.0 Å². The van der Waals surface area contributed by atoms with Crippen LogP contribution in [0.15, 0.2) is 21.7 Å². The van der Waals surface area contributed by atoms with Crippen molar-refractivity contribution in [1.29, 1.82) is 0 Å². The van der Waals surface area contributed by atoms with Crippen LogP contribution in [0.3, 0.4) is 0 Å². The molecule has 7 heteroatoms. The molecule has 0 saturated heterocycles. The number of hydrogen-bond donors (Lipinski definition) is 0. The second kappa shape index (κ2) is 3.46. The van der Waals surface area contributed by atoms with Crippen molar-refractivity contribution >= 4 is 5.88 Å². The molecule has 0 atom stereocenters. The van der Waals surface area contributed by atoms with E-state index in [1.54, 1.807) is 0 Å². The van der Waals surface area contributed by atoms with Crippen LogP contribution >= 0.6 is 0 Å². The van der Waals surface area contributed by atoms with Crippen molar-refractivity contribution in [1.82, 2.24) is 0 Å². The molecule has 0 fully saturated rings. The highest BCUT2D eigenvalue weighted by molar-refractivity contribution is 5.23. The highest BCUT2D eigenvalue weighted by Crippen LogP contribution is 2.16. The van der Waals surface area contributed by atoms with Gasteiger partial charge in [0.25, 0.3) is 11.0 Å². The maximum Gasteiger partial charge on any atom is 0.294 e. The summed E-state index contributed by atoms with van der Waals surface area (Å²) in [6, 6.07) is 2.67. The van der Waals surface area contributed by atoms with Crippen LogP contribution < -0.4 is 0 Å². The molecule has 1 rings (SSSR count). The maximum atomic E-state index is 9.84. The van der Waals surface area contributed by atoms with Crippen LogP contribution in [-0.2, 0) is 11.4 Å². The molecule has 12 heavy (non-hydrogen) atoms. The van der Waals surface area contributed by atoms with Gasteiger partial charge in [0, 0.05) is 11.2 Å². The van der Waals surface area contributed by atoms with Gasteiger partial charge < -0.3 is 9.25 Å². The molecule has 0 aliphatic heterocycles. The van der Waals surface area contributed by atoms with E-state index in [-0.39, 0.29) is 18.3 Å². The van der Waals surface area contributed by atoms with Gasteiger partial charge in [-0.25, -0.2) is 0 Å². The molecule has 1 aromatic heterocycles. The molecular formula is C5H4N2O5. The second-order valence-corrected chi connectivity index (χ2v) is 1.83. The van der Waals surface area contributed by atoms with Gasteiger partial charge in [-0.2, -0.15) is 0 Å². The van der Waals surface area contributed by atoms with Crippen molar-refractivity contribution in [3.63, 3.8) is 0 Å². The molecule has 0 spiro atoms. The van der Waals surface area contributed by atoms with Gasteiger partial charge in [-0.3, -0.25) is 0 Å². The van der Waals surface area contributed by atoms with Crippen molar-refractivity contribution in [3.05, 3.63) is 32.9 Å². The zero-order valence-electron chi connectivity index (χ0n) is 5.80. The topological polar surface area (TPSA) is 94.9 Å². The molecule has 0 aliphatic rings. The van der Waals surface area contributed by atoms with E-state index in [1.807, 2.05) is 0 Å². The third-order valence-electron chi connectivity index (χ3n) is 1.05. The third kappa shape index (κ3) is 2.04. The first-order valence-electron chi connectivity index (χ1n) is 2.92. The van der Waals surface area contributed by atoms with E-state index in [1.165, 1.54) is 12.1 Å². The van der Waals surface area contributed by atoms with Crippen LogP contribution in [0.2, 0.25) is 0 Å². The summed E-state index contributed by atoms with van der Waals surface area (Å²) in [6.07, 6.45) is 0. The minimum absolute atomic E-state index is 0.128. The normalized spacial score (nSPS) is 9.33. The average Bonchev–Trinajstić information content (AvgIpc) is 2.48. The summed E-state index contributed by atoms with van der Waals surface area (Å²) in [5.74, 6) is 0.0539. The summed E-state index contributed by atoms with van der Waals surface area (Å²) < 4.78 is 4.67. The summed E-state index contributed by atoms with van der Waals surface area (Å²) in [6.45, 7) is -0.317. The van der Waals surface area contributed by atoms with Crippen LogP contribution in [0.1, 0.15) is 5.76 Å². The first-order chi connectivity index (χ1) is 5.72. The second-order valence-electron chi connectivity index (χ2n) is 1.83. The minimum atomic E-state index is -0.948. The van der Waals surface area contributed by atoms with Crippen molar-refractivity contribution < 1.29 is 14.3 Å². The first kappa shape index (κ1) is 8.18. The molecule has 0 aromatic carbocycles. The van der Waals surface area contributed by atoms with Crippen molar-refractivity contribution in [3.8, 4) is 0 Å². The van der Waals surface area contributed by atoms with Crippen LogP contribution in [-0.4, -0.2) is 5.09 Å². The summed E-state index contributed by atoms with van der Waals surface area (Å²) in [4.78, 5) is 23.5. The maximum absolute atomic E-state index is 9.84. The number of rotatable bonds is 4. The molecule has 0 bridgehead atoms. The van der Waals surface area contributed by atoms with Gasteiger partial charge in [0.15, 0.2) is 6.61 Å². The fraction of sp³-hybridized carbons (Fsp3) is 0.200. The van der Waals surface area contributed by atoms with Gasteiger partial charge >= 0.3 is 0 Å². The van der Waals surface area contributed by atoms with Crippen LogP contribution in [0, 0.1) is 15.0 Å². The molecule has 64 valence electrons. The van der Waals surface area contributed by atoms with E-state index in [4.69, 9.17) is 0 Å². The zero-order valence-corrected chi connectivity index (χ0v) is 5.80. The molecule has 0 aliphatic carbocycles. The third-order valence-corrected chi connectivity index (χ3v) is 1.05. The predicted molar refractivity (Wildman–Crippen MR) is 35.9 cm³/mol. The lowest BCUT2D eigenvalue weighted by Gasteiger charge is -1.91. The Morgan fingerprint density at radius 1 is 1.67 bits per heavy atom. The average molecular weight is 172 g/mol. The Morgan fingerprint density at radius 3 is 2.92 bits per heavy atom. The molecule has 0 saturated carbocycles. The van der Waals surface area contributed by atoms with Crippen molar-refractivity contribution in [2.75, 3.05) is 0 Å². The summed E-state index contributed by atoms with van der Waals surface area (Å²) in [5.41, 5.74) is 0. The standard InChI is InChI=1S/C5H4N2O5/c8-6-5-2-1-4(12-5)3-11-7(9)10/h1-2H,3H2. The molecular weight excluding hydrogens is 168 g/mol. The SMILES string of the molecule is O=Nc1ccc(CO[N+](=O)[O-])o1. The Bertz CT molecular complexity index is 294. The minimum Gasteiger partial charge on any atom is -0.439 e. The van der Waals surface area contributed by atoms with Gasteiger partial charge in [0.05, 0.1) is 0 Å². The van der Waals surface area contributed by atoms with E-state index < -0.39 is 5.09 Å². The Labute approximate surface area is 66.0 Å². The number of nitroso groups, excluding NO2 is 1. The molecule has 0 radical (unpaired) electrons. The van der Waals surface area contributed by atoms with Gasteiger partial charge in [-0.05, 0) is 6.07 Å². The van der Waals surface area contributed by atoms with E-state index >= 15 is 0 Å². The number of furan rings is 1. The highest BCUT2D eigenvalue weighted by Gasteiger charge is 2.03. The Balaban J connectivity index is 2.52. The molecule has 0 N–H and O–H groups in total. The fourth-order valence-corrected chi connectivity index (χ4v) is 0.610. The van der Waals surface area contributed by atoms with Crippen molar-refractivity contribution in [2.45, 2.75) is 6.61 Å². The van der Waals surface area contributed by atoms with E-state index in [0.29, 0.717) is 0 Å². The largest absolute Gasteiger partial charge is 0.439 e. The van der Waals surface area contributed by atoms with Crippen LogP contribution in [0.5, 0.6) is 0 Å². The lowest BCUT2D eigenvalue weighted by Crippen LogP contribution is -1.99. The highest BCUT2D eigenvalue weighted by atomic mass is 16.9. The molecule has 1 aromatic rings. The fourth-order valence-electron chi connectivity index (χ4n) is 0.610. The Hall–Kier alpha value is -1.92. The zero-order chi connectivity index (χ0) is 8.97. The summed E-state index contributed by atoms with van der Waals surface area (Å²) >= 11 is 0. The van der Waals surface area contributed by atoms with Crippen LogP contribution in [0.4, 0.5) is 5.88 Å². The van der Waals surface area contributed by atoms with E-state index in [2.05, 4.69) is 14.4 Å². The summed E-state index contributed by atoms with van der Waals surface area (Å²) in [7, 11) is 0. The lowest BCUT2D eigenvalue weighted by molar-refractivity contribution is -0.763. The predicted octanol–water partition coefficient (Wildman–Crippen LogP) is 1.39. The van der Waals surface area contributed by atoms with Gasteiger partial charge in [-0.1, -0.05) is 0 Å². The lowest BCUT2D eigenvalue weighted by atomic mass is 10.5. The van der Waals surface area contributed by atoms with E-state index in [0.717, 1.165) is 0 Å². The number of nitrogens with zero attached hydrogens (tertiary/aromatic N) is 2. The summed E-state index contributed by atoms with van der Waals surface area (Å²) in [5, 5.41) is 11.2. The Morgan fingerprint density at radius 2 is 2.42 bits per heavy atom. The van der Waals surface area contributed by atoms with Crippen LogP contribution in [0.25, 0.3) is 0 Å². The first-order valence-corrected chi connectivity index (χ1v) is 2.92. The Kier molecular flexibility index (Phi) is 2.36. The monoisotopic (exact) mass is 172 g/mol. The number of hydrogen-bond acceptors (Lipinski definition) is 6. The quantitative estimate of drug-likeness (QED) is 0.388. The molecule has 0 unspecified atom stereocenters. The van der Waals surface area contributed by atoms with Gasteiger partial charge in [0.1, 0.15) is 5.76 Å². The molecule has 1 heterocycles. The van der Waals surface area contributed by atoms with E-state index in [9.17, 15) is 15.0 Å². The molecule has 0 amide bonds. The smallest absolute Gasteiger partial charge is 0.294 e. The van der Waals surface area contributed by atoms with Gasteiger partial charge in [0.2, 0.25) is 0 Å². The molecule has 7 nitrogen and oxygen atoms in total. The van der Waals surface area contributed by atoms with Crippen molar-refractivity contribution in [2.24, 2.45) is 5.18 Å².